The number of benzene rings is 1. The van der Waals surface area contributed by atoms with Gasteiger partial charge in [0.2, 0.25) is 10.0 Å². The van der Waals surface area contributed by atoms with E-state index in [2.05, 4.69) is 10.3 Å². The summed E-state index contributed by atoms with van der Waals surface area (Å²) in [6.07, 6.45) is 6.42. The average molecular weight is 373 g/mol. The third-order valence-electron chi connectivity index (χ3n) is 4.64. The molecule has 26 heavy (non-hydrogen) atoms. The highest BCUT2D eigenvalue weighted by Crippen LogP contribution is 2.20. The number of piperidine rings is 1. The quantitative estimate of drug-likeness (QED) is 0.871. The molecule has 6 nitrogen and oxygen atoms in total. The molecule has 1 amide bonds. The summed E-state index contributed by atoms with van der Waals surface area (Å²) in [5.74, 6) is 0.00295. The Kier molecular flexibility index (Phi) is 5.68. The second kappa shape index (κ2) is 7.97. The predicted octanol–water partition coefficient (Wildman–Crippen LogP) is 2.15. The number of sulfonamides is 1. The zero-order chi connectivity index (χ0) is 18.6. The van der Waals surface area contributed by atoms with Crippen LogP contribution in [0.4, 0.5) is 0 Å². The molecule has 1 aliphatic heterocycles. The van der Waals surface area contributed by atoms with Crippen molar-refractivity contribution in [2.24, 2.45) is 5.92 Å². The summed E-state index contributed by atoms with van der Waals surface area (Å²) in [6, 6.07) is 11.3. The molecular formula is C19H23N3O3S. The van der Waals surface area contributed by atoms with Crippen LogP contribution in [0.1, 0.15) is 23.2 Å². The van der Waals surface area contributed by atoms with Crippen molar-refractivity contribution in [2.45, 2.75) is 12.8 Å². The van der Waals surface area contributed by atoms with Crippen LogP contribution in [-0.2, 0) is 10.0 Å². The SMILES string of the molecule is CS(=O)(=O)N1CCCC(CNC(=O)c2cccc(-c3ccncc3)c2)C1. The molecule has 1 aromatic carbocycles. The highest BCUT2D eigenvalue weighted by molar-refractivity contribution is 7.88. The molecule has 138 valence electrons. The van der Waals surface area contributed by atoms with Gasteiger partial charge < -0.3 is 5.32 Å². The van der Waals surface area contributed by atoms with Gasteiger partial charge >= 0.3 is 0 Å². The number of pyridine rings is 1. The first-order chi connectivity index (χ1) is 12.4. The lowest BCUT2D eigenvalue weighted by Gasteiger charge is -2.30. The number of hydrogen-bond donors (Lipinski definition) is 1. The third-order valence-corrected chi connectivity index (χ3v) is 5.91. The Hall–Kier alpha value is -2.25. The van der Waals surface area contributed by atoms with Gasteiger partial charge in [-0.2, -0.15) is 0 Å². The average Bonchev–Trinajstić information content (AvgIpc) is 2.66. The maximum absolute atomic E-state index is 12.5. The van der Waals surface area contributed by atoms with Crippen LogP contribution in [-0.4, -0.2) is 49.5 Å². The minimum absolute atomic E-state index is 0.141. The van der Waals surface area contributed by atoms with Gasteiger partial charge in [0, 0.05) is 37.6 Å². The second-order valence-electron chi connectivity index (χ2n) is 6.66. The number of carbonyl (C=O) groups excluding carboxylic acids is 1. The molecule has 1 unspecified atom stereocenters. The molecule has 1 aliphatic rings. The Balaban J connectivity index is 1.62. The number of nitrogens with zero attached hydrogens (tertiary/aromatic N) is 2. The van der Waals surface area contributed by atoms with Gasteiger partial charge in [-0.3, -0.25) is 9.78 Å². The van der Waals surface area contributed by atoms with Gasteiger partial charge in [0.05, 0.1) is 6.26 Å². The molecule has 0 radical (unpaired) electrons. The summed E-state index contributed by atoms with van der Waals surface area (Å²) in [5.41, 5.74) is 2.56. The minimum atomic E-state index is -3.17. The molecule has 0 bridgehead atoms. The van der Waals surface area contributed by atoms with Gasteiger partial charge in [-0.05, 0) is 54.2 Å². The maximum atomic E-state index is 12.5. The van der Waals surface area contributed by atoms with Gasteiger partial charge in [0.1, 0.15) is 0 Å². The van der Waals surface area contributed by atoms with Gasteiger partial charge in [-0.15, -0.1) is 0 Å². The van der Waals surface area contributed by atoms with Crippen molar-refractivity contribution in [3.05, 3.63) is 54.4 Å². The summed E-state index contributed by atoms with van der Waals surface area (Å²) >= 11 is 0. The molecule has 1 fully saturated rings. The van der Waals surface area contributed by atoms with E-state index in [9.17, 15) is 13.2 Å². The van der Waals surface area contributed by atoms with E-state index < -0.39 is 10.0 Å². The molecule has 2 heterocycles. The van der Waals surface area contributed by atoms with Crippen molar-refractivity contribution >= 4 is 15.9 Å². The smallest absolute Gasteiger partial charge is 0.251 e. The summed E-state index contributed by atoms with van der Waals surface area (Å²) in [6.45, 7) is 1.51. The van der Waals surface area contributed by atoms with E-state index in [1.54, 1.807) is 18.5 Å². The number of aromatic nitrogens is 1. The van der Waals surface area contributed by atoms with E-state index in [4.69, 9.17) is 0 Å². The monoisotopic (exact) mass is 373 g/mol. The topological polar surface area (TPSA) is 79.4 Å². The van der Waals surface area contributed by atoms with E-state index in [1.165, 1.54) is 10.6 Å². The van der Waals surface area contributed by atoms with Crippen LogP contribution < -0.4 is 5.32 Å². The van der Waals surface area contributed by atoms with Crippen LogP contribution in [0.25, 0.3) is 11.1 Å². The van der Waals surface area contributed by atoms with Gasteiger partial charge in [-0.1, -0.05) is 12.1 Å². The Morgan fingerprint density at radius 2 is 2.00 bits per heavy atom. The van der Waals surface area contributed by atoms with E-state index in [-0.39, 0.29) is 11.8 Å². The molecule has 3 rings (SSSR count). The molecule has 7 heteroatoms. The molecule has 1 N–H and O–H groups in total. The molecule has 1 atom stereocenters. The first-order valence-electron chi connectivity index (χ1n) is 8.67. The maximum Gasteiger partial charge on any atom is 0.251 e. The van der Waals surface area contributed by atoms with E-state index >= 15 is 0 Å². The fourth-order valence-corrected chi connectivity index (χ4v) is 4.16. The highest BCUT2D eigenvalue weighted by Gasteiger charge is 2.26. The van der Waals surface area contributed by atoms with Crippen LogP contribution in [0.15, 0.2) is 48.8 Å². The van der Waals surface area contributed by atoms with Gasteiger partial charge in [0.25, 0.3) is 5.91 Å². The fourth-order valence-electron chi connectivity index (χ4n) is 3.22. The number of nitrogens with one attached hydrogen (secondary N) is 1. The van der Waals surface area contributed by atoms with E-state index in [0.29, 0.717) is 25.2 Å². The zero-order valence-electron chi connectivity index (χ0n) is 14.8. The van der Waals surface area contributed by atoms with Crippen LogP contribution in [0.3, 0.4) is 0 Å². The first-order valence-corrected chi connectivity index (χ1v) is 10.5. The van der Waals surface area contributed by atoms with Crippen LogP contribution in [0.2, 0.25) is 0 Å². The zero-order valence-corrected chi connectivity index (χ0v) is 15.6. The summed E-state index contributed by atoms with van der Waals surface area (Å²) in [7, 11) is -3.17. The van der Waals surface area contributed by atoms with E-state index in [1.807, 2.05) is 30.3 Å². The predicted molar refractivity (Wildman–Crippen MR) is 101 cm³/mol. The molecule has 1 aromatic heterocycles. The van der Waals surface area contributed by atoms with Crippen LogP contribution in [0.5, 0.6) is 0 Å². The van der Waals surface area contributed by atoms with E-state index in [0.717, 1.165) is 24.0 Å². The van der Waals surface area contributed by atoms with Gasteiger partial charge in [-0.25, -0.2) is 12.7 Å². The third kappa shape index (κ3) is 4.68. The number of amides is 1. The standard InChI is InChI=1S/C19H23N3O3S/c1-26(24,25)22-11-3-4-15(14-22)13-21-19(23)18-6-2-5-17(12-18)16-7-9-20-10-8-16/h2,5-10,12,15H,3-4,11,13-14H2,1H3,(H,21,23). The van der Waals surface area contributed by atoms with Crippen molar-refractivity contribution in [2.75, 3.05) is 25.9 Å². The molecule has 2 aromatic rings. The summed E-state index contributed by atoms with van der Waals surface area (Å²) in [5, 5.41) is 2.95. The molecule has 0 spiro atoms. The summed E-state index contributed by atoms with van der Waals surface area (Å²) < 4.78 is 24.9. The number of carbonyl (C=O) groups is 1. The molecular weight excluding hydrogens is 350 g/mol. The van der Waals surface area contributed by atoms with Crippen molar-refractivity contribution in [1.82, 2.24) is 14.6 Å². The number of hydrogen-bond acceptors (Lipinski definition) is 4. The summed E-state index contributed by atoms with van der Waals surface area (Å²) in [4.78, 5) is 16.5. The highest BCUT2D eigenvalue weighted by atomic mass is 32.2. The largest absolute Gasteiger partial charge is 0.352 e. The van der Waals surface area contributed by atoms with Crippen molar-refractivity contribution in [1.29, 1.82) is 0 Å². The minimum Gasteiger partial charge on any atom is -0.352 e. The van der Waals surface area contributed by atoms with Crippen LogP contribution in [0, 0.1) is 5.92 Å². The van der Waals surface area contributed by atoms with Crippen LogP contribution >= 0.6 is 0 Å². The Morgan fingerprint density at radius 1 is 1.23 bits per heavy atom. The lowest BCUT2D eigenvalue weighted by atomic mass is 9.99. The normalized spacial score (nSPS) is 18.4. The first kappa shape index (κ1) is 18.5. The fraction of sp³-hybridized carbons (Fsp3) is 0.368. The molecule has 0 saturated carbocycles. The second-order valence-corrected chi connectivity index (χ2v) is 8.64. The van der Waals surface area contributed by atoms with Crippen molar-refractivity contribution < 1.29 is 13.2 Å². The van der Waals surface area contributed by atoms with Crippen molar-refractivity contribution in [3.63, 3.8) is 0 Å². The molecule has 1 saturated heterocycles. The van der Waals surface area contributed by atoms with Gasteiger partial charge in [0.15, 0.2) is 0 Å². The van der Waals surface area contributed by atoms with Crippen molar-refractivity contribution in [3.8, 4) is 11.1 Å². The Morgan fingerprint density at radius 3 is 2.73 bits per heavy atom. The Labute approximate surface area is 154 Å². The molecule has 0 aliphatic carbocycles. The lowest BCUT2D eigenvalue weighted by Crippen LogP contribution is -2.43. The number of rotatable bonds is 5. The lowest BCUT2D eigenvalue weighted by molar-refractivity contribution is 0.0941. The Bertz CT molecular complexity index is 869.